The van der Waals surface area contributed by atoms with Crippen LogP contribution in [0.25, 0.3) is 0 Å². The van der Waals surface area contributed by atoms with Crippen molar-refractivity contribution < 1.29 is 4.74 Å². The molecule has 0 aliphatic carbocycles. The molecule has 0 radical (unpaired) electrons. The molecule has 0 unspecified atom stereocenters. The van der Waals surface area contributed by atoms with E-state index in [-0.39, 0.29) is 0 Å². The third-order valence-corrected chi connectivity index (χ3v) is 1.99. The van der Waals surface area contributed by atoms with Gasteiger partial charge in [0.25, 0.3) is 0 Å². The molecule has 0 amide bonds. The normalized spacial score (nSPS) is 29.5. The van der Waals surface area contributed by atoms with Crippen LogP contribution in [0.2, 0.25) is 0 Å². The average molecular weight is 157 g/mol. The van der Waals surface area contributed by atoms with E-state index in [1.807, 2.05) is 0 Å². The van der Waals surface area contributed by atoms with E-state index in [1.165, 1.54) is 12.8 Å². The molecule has 2 atom stereocenters. The van der Waals surface area contributed by atoms with Crippen LogP contribution >= 0.6 is 0 Å². The standard InChI is InChI=1S/C9H19NO/c1-4-5-8-9(11-8)6-10-7(2)3/h7-10H,4-6H2,1-3H3/t8-,9-/m1/s1. The van der Waals surface area contributed by atoms with Crippen molar-refractivity contribution in [3.8, 4) is 0 Å². The van der Waals surface area contributed by atoms with E-state index in [9.17, 15) is 0 Å². The highest BCUT2D eigenvalue weighted by molar-refractivity contribution is 4.86. The Bertz CT molecular complexity index is 114. The fourth-order valence-corrected chi connectivity index (χ4v) is 1.25. The zero-order chi connectivity index (χ0) is 8.27. The van der Waals surface area contributed by atoms with Crippen LogP contribution in [0.15, 0.2) is 0 Å². The highest BCUT2D eigenvalue weighted by Gasteiger charge is 2.36. The van der Waals surface area contributed by atoms with Crippen molar-refractivity contribution in [2.45, 2.75) is 51.9 Å². The summed E-state index contributed by atoms with van der Waals surface area (Å²) in [6.45, 7) is 7.56. The first-order valence-corrected chi connectivity index (χ1v) is 4.63. The van der Waals surface area contributed by atoms with Crippen LogP contribution in [0.1, 0.15) is 33.6 Å². The van der Waals surface area contributed by atoms with Gasteiger partial charge >= 0.3 is 0 Å². The first kappa shape index (κ1) is 9.01. The Morgan fingerprint density at radius 1 is 1.36 bits per heavy atom. The third kappa shape index (κ3) is 3.21. The van der Waals surface area contributed by atoms with Crippen molar-refractivity contribution in [1.29, 1.82) is 0 Å². The average Bonchev–Trinajstić information content (AvgIpc) is 2.64. The van der Waals surface area contributed by atoms with Gasteiger partial charge in [-0.25, -0.2) is 0 Å². The molecule has 0 aromatic rings. The molecule has 2 heteroatoms. The molecule has 1 heterocycles. The van der Waals surface area contributed by atoms with Crippen LogP contribution in [-0.4, -0.2) is 24.8 Å². The molecule has 11 heavy (non-hydrogen) atoms. The lowest BCUT2D eigenvalue weighted by molar-refractivity contribution is 0.352. The van der Waals surface area contributed by atoms with Gasteiger partial charge in [0.05, 0.1) is 12.2 Å². The van der Waals surface area contributed by atoms with Gasteiger partial charge < -0.3 is 10.1 Å². The van der Waals surface area contributed by atoms with Gasteiger partial charge in [0, 0.05) is 12.6 Å². The summed E-state index contributed by atoms with van der Waals surface area (Å²) in [5.41, 5.74) is 0. The number of ether oxygens (including phenoxy) is 1. The van der Waals surface area contributed by atoms with Crippen LogP contribution in [0.3, 0.4) is 0 Å². The minimum absolute atomic E-state index is 0.511. The summed E-state index contributed by atoms with van der Waals surface area (Å²) in [6.07, 6.45) is 3.54. The second-order valence-electron chi connectivity index (χ2n) is 3.56. The minimum Gasteiger partial charge on any atom is -0.368 e. The van der Waals surface area contributed by atoms with Gasteiger partial charge in [-0.1, -0.05) is 27.2 Å². The largest absolute Gasteiger partial charge is 0.368 e. The van der Waals surface area contributed by atoms with Crippen molar-refractivity contribution in [1.82, 2.24) is 5.32 Å². The zero-order valence-corrected chi connectivity index (χ0v) is 7.76. The van der Waals surface area contributed by atoms with Crippen LogP contribution in [0.4, 0.5) is 0 Å². The molecule has 0 aromatic carbocycles. The van der Waals surface area contributed by atoms with Crippen molar-refractivity contribution in [3.05, 3.63) is 0 Å². The van der Waals surface area contributed by atoms with E-state index >= 15 is 0 Å². The van der Waals surface area contributed by atoms with Crippen molar-refractivity contribution in [2.24, 2.45) is 0 Å². The third-order valence-electron chi connectivity index (χ3n) is 1.99. The van der Waals surface area contributed by atoms with Gasteiger partial charge in [-0.15, -0.1) is 0 Å². The predicted molar refractivity (Wildman–Crippen MR) is 46.7 cm³/mol. The summed E-state index contributed by atoms with van der Waals surface area (Å²) in [7, 11) is 0. The van der Waals surface area contributed by atoms with E-state index in [0.29, 0.717) is 18.2 Å². The van der Waals surface area contributed by atoms with Crippen LogP contribution < -0.4 is 5.32 Å². The van der Waals surface area contributed by atoms with Crippen LogP contribution in [0, 0.1) is 0 Å². The van der Waals surface area contributed by atoms with Gasteiger partial charge in [0.2, 0.25) is 0 Å². The maximum absolute atomic E-state index is 5.45. The molecular weight excluding hydrogens is 138 g/mol. The van der Waals surface area contributed by atoms with E-state index in [2.05, 4.69) is 26.1 Å². The Morgan fingerprint density at radius 2 is 2.09 bits per heavy atom. The number of epoxide rings is 1. The zero-order valence-electron chi connectivity index (χ0n) is 7.76. The van der Waals surface area contributed by atoms with Gasteiger partial charge in [-0.05, 0) is 6.42 Å². The second-order valence-corrected chi connectivity index (χ2v) is 3.56. The summed E-state index contributed by atoms with van der Waals surface area (Å²) in [4.78, 5) is 0. The molecule has 0 saturated carbocycles. The molecular formula is C9H19NO. The number of hydrogen-bond acceptors (Lipinski definition) is 2. The lowest BCUT2D eigenvalue weighted by Gasteiger charge is -2.04. The van der Waals surface area contributed by atoms with Crippen LogP contribution in [0.5, 0.6) is 0 Å². The topological polar surface area (TPSA) is 24.6 Å². The summed E-state index contributed by atoms with van der Waals surface area (Å²) in [5.74, 6) is 0. The molecule has 0 bridgehead atoms. The first-order valence-electron chi connectivity index (χ1n) is 4.63. The molecule has 1 rings (SSSR count). The lowest BCUT2D eigenvalue weighted by Crippen LogP contribution is -2.27. The Labute approximate surface area is 69.3 Å². The number of rotatable bonds is 5. The molecule has 2 nitrogen and oxygen atoms in total. The van der Waals surface area contributed by atoms with Gasteiger partial charge in [-0.3, -0.25) is 0 Å². The quantitative estimate of drug-likeness (QED) is 0.612. The molecule has 1 fully saturated rings. The second kappa shape index (κ2) is 4.07. The number of nitrogens with one attached hydrogen (secondary N) is 1. The summed E-state index contributed by atoms with van der Waals surface area (Å²) in [6, 6.07) is 0.585. The summed E-state index contributed by atoms with van der Waals surface area (Å²) in [5, 5.41) is 3.37. The highest BCUT2D eigenvalue weighted by Crippen LogP contribution is 2.25. The maximum Gasteiger partial charge on any atom is 0.0965 e. The fraction of sp³-hybridized carbons (Fsp3) is 1.00. The molecule has 66 valence electrons. The van der Waals surface area contributed by atoms with Gasteiger partial charge in [0.1, 0.15) is 0 Å². The predicted octanol–water partition coefficient (Wildman–Crippen LogP) is 1.55. The van der Waals surface area contributed by atoms with E-state index in [0.717, 1.165) is 6.54 Å². The summed E-state index contributed by atoms with van der Waals surface area (Å²) < 4.78 is 5.45. The molecule has 0 aromatic heterocycles. The SMILES string of the molecule is CCC[C@H]1O[C@@H]1CNC(C)C. The van der Waals surface area contributed by atoms with Crippen molar-refractivity contribution >= 4 is 0 Å². The molecule has 1 saturated heterocycles. The Kier molecular flexibility index (Phi) is 3.34. The van der Waals surface area contributed by atoms with Gasteiger partial charge in [-0.2, -0.15) is 0 Å². The molecule has 1 aliphatic rings. The lowest BCUT2D eigenvalue weighted by atomic mass is 10.2. The smallest absolute Gasteiger partial charge is 0.0965 e. The fourth-order valence-electron chi connectivity index (χ4n) is 1.25. The van der Waals surface area contributed by atoms with Crippen molar-refractivity contribution in [3.63, 3.8) is 0 Å². The van der Waals surface area contributed by atoms with E-state index in [1.54, 1.807) is 0 Å². The maximum atomic E-state index is 5.45. The molecule has 1 aliphatic heterocycles. The minimum atomic E-state index is 0.511. The first-order chi connectivity index (χ1) is 5.24. The summed E-state index contributed by atoms with van der Waals surface area (Å²) >= 11 is 0. The van der Waals surface area contributed by atoms with Crippen molar-refractivity contribution in [2.75, 3.05) is 6.54 Å². The number of hydrogen-bond donors (Lipinski definition) is 1. The van der Waals surface area contributed by atoms with E-state index < -0.39 is 0 Å². The highest BCUT2D eigenvalue weighted by atomic mass is 16.6. The Morgan fingerprint density at radius 3 is 2.64 bits per heavy atom. The molecule has 1 N–H and O–H groups in total. The Balaban J connectivity index is 1.95. The van der Waals surface area contributed by atoms with Gasteiger partial charge in [0.15, 0.2) is 0 Å². The monoisotopic (exact) mass is 157 g/mol. The van der Waals surface area contributed by atoms with E-state index in [4.69, 9.17) is 4.74 Å². The Hall–Kier alpha value is -0.0800. The van der Waals surface area contributed by atoms with Crippen LogP contribution in [-0.2, 0) is 4.74 Å². The molecule has 0 spiro atoms.